The molecule has 3 heterocycles. The van der Waals surface area contributed by atoms with E-state index in [4.69, 9.17) is 9.90 Å². The van der Waals surface area contributed by atoms with E-state index in [9.17, 15) is 49.9 Å². The monoisotopic (exact) mass is 716 g/mol. The molecule has 2 aromatic carbocycles. The second-order valence-corrected chi connectivity index (χ2v) is 12.1. The molecule has 3 aromatic rings. The quantitative estimate of drug-likeness (QED) is 0.251. The van der Waals surface area contributed by atoms with Crippen molar-refractivity contribution < 1.29 is 59.8 Å². The van der Waals surface area contributed by atoms with Crippen LogP contribution in [-0.4, -0.2) is 92.5 Å². The number of likely N-dealkylation sites (tertiary alicyclic amines) is 1. The molecule has 19 heteroatoms. The maximum atomic E-state index is 14.4. The number of benzene rings is 2. The Morgan fingerprint density at radius 2 is 1.60 bits per heavy atom. The number of piperidine rings is 1. The smallest absolute Gasteiger partial charge is 0.475 e. The lowest BCUT2D eigenvalue weighted by molar-refractivity contribution is -0.192. The van der Waals surface area contributed by atoms with Crippen LogP contribution in [0.3, 0.4) is 0 Å². The predicted octanol–water partition coefficient (Wildman–Crippen LogP) is 4.88. The molecule has 0 aliphatic carbocycles. The van der Waals surface area contributed by atoms with Gasteiger partial charge in [0.25, 0.3) is 11.8 Å². The fraction of sp³-hybridized carbons (Fsp3) is 0.419. The number of H-pyrrole nitrogens is 1. The number of aliphatic carboxylic acids is 1. The SMILES string of the molecule is Cc1nc2ccc(N3C(=O)N(C)C(=O)C34CCN(C(=O)C(NC(=O)c3cc(C(F)(F)F)ccc3F)C(C)C)CC4)cc2[nH]1.O=C(O)C(F)(F)F. The number of imide groups is 1. The van der Waals surface area contributed by atoms with E-state index in [0.717, 1.165) is 4.90 Å². The van der Waals surface area contributed by atoms with Crippen molar-refractivity contribution in [3.05, 3.63) is 59.2 Å². The Morgan fingerprint density at radius 3 is 2.14 bits per heavy atom. The van der Waals surface area contributed by atoms with E-state index >= 15 is 0 Å². The van der Waals surface area contributed by atoms with Crippen molar-refractivity contribution in [3.63, 3.8) is 0 Å². The third-order valence-electron chi connectivity index (χ3n) is 8.35. The number of alkyl halides is 6. The number of anilines is 1. The van der Waals surface area contributed by atoms with Crippen LogP contribution >= 0.6 is 0 Å². The molecule has 2 aliphatic rings. The van der Waals surface area contributed by atoms with Crippen LogP contribution in [0.15, 0.2) is 36.4 Å². The van der Waals surface area contributed by atoms with E-state index in [2.05, 4.69) is 15.3 Å². The van der Waals surface area contributed by atoms with Crippen LogP contribution in [0.2, 0.25) is 0 Å². The Kier molecular flexibility index (Phi) is 10.2. The molecule has 0 radical (unpaired) electrons. The number of carbonyl (C=O) groups is 5. The number of aryl methyl sites for hydroxylation is 1. The molecule has 12 nitrogen and oxygen atoms in total. The number of carboxylic acids is 1. The van der Waals surface area contributed by atoms with Crippen LogP contribution < -0.4 is 10.2 Å². The number of likely N-dealkylation sites (N-methyl/N-ethyl adjacent to an activating group) is 1. The van der Waals surface area contributed by atoms with E-state index < -0.39 is 76.5 Å². The van der Waals surface area contributed by atoms with Crippen molar-refractivity contribution in [2.24, 2.45) is 5.92 Å². The minimum Gasteiger partial charge on any atom is -0.475 e. The molecule has 1 spiro atoms. The largest absolute Gasteiger partial charge is 0.490 e. The normalized spacial score (nSPS) is 16.9. The standard InChI is InChI=1S/C29H30F4N6O4.C2HF3O2/c1-15(2)23(36-24(40)19-13-17(29(31,32)33)5-7-20(19)30)25(41)38-11-9-28(10-12-38)26(42)37(4)27(43)39(28)18-6-8-21-22(14-18)35-16(3)34-21;3-2(4,5)1(6)7/h5-8,13-15,23H,9-12H2,1-4H3,(H,34,35)(H,36,40);(H,6,7). The van der Waals surface area contributed by atoms with Crippen LogP contribution in [0.25, 0.3) is 11.0 Å². The average molecular weight is 717 g/mol. The van der Waals surface area contributed by atoms with Gasteiger partial charge >= 0.3 is 24.4 Å². The lowest BCUT2D eigenvalue weighted by atomic mass is 9.85. The zero-order chi connectivity index (χ0) is 37.5. The van der Waals surface area contributed by atoms with Gasteiger partial charge in [-0.15, -0.1) is 0 Å². The van der Waals surface area contributed by atoms with Crippen LogP contribution in [0.5, 0.6) is 0 Å². The third kappa shape index (κ3) is 7.35. The zero-order valence-corrected chi connectivity index (χ0v) is 26.9. The minimum absolute atomic E-state index is 0.0601. The van der Waals surface area contributed by atoms with Crippen molar-refractivity contribution in [3.8, 4) is 0 Å². The maximum absolute atomic E-state index is 14.4. The lowest BCUT2D eigenvalue weighted by Crippen LogP contribution is -2.60. The van der Waals surface area contributed by atoms with Gasteiger partial charge in [-0.3, -0.25) is 24.2 Å². The van der Waals surface area contributed by atoms with Crippen molar-refractivity contribution in [2.75, 3.05) is 25.0 Å². The maximum Gasteiger partial charge on any atom is 0.490 e. The van der Waals surface area contributed by atoms with Gasteiger partial charge in [-0.2, -0.15) is 26.3 Å². The first-order valence-corrected chi connectivity index (χ1v) is 14.9. The van der Waals surface area contributed by atoms with Crippen molar-refractivity contribution >= 4 is 46.4 Å². The molecule has 5 amide bonds. The van der Waals surface area contributed by atoms with E-state index in [1.807, 2.05) is 0 Å². The van der Waals surface area contributed by atoms with Crippen LogP contribution in [0.1, 0.15) is 48.4 Å². The summed E-state index contributed by atoms with van der Waals surface area (Å²) in [7, 11) is 1.40. The first-order chi connectivity index (χ1) is 23.1. The number of urea groups is 1. The number of nitrogens with zero attached hydrogens (tertiary/aromatic N) is 4. The molecule has 2 fully saturated rings. The minimum atomic E-state index is -5.08. The molecular weight excluding hydrogens is 685 g/mol. The number of fused-ring (bicyclic) bond motifs is 1. The molecule has 2 saturated heterocycles. The fourth-order valence-corrected chi connectivity index (χ4v) is 5.79. The number of carbonyl (C=O) groups excluding carboxylic acids is 4. The number of rotatable bonds is 5. The summed E-state index contributed by atoms with van der Waals surface area (Å²) in [6, 6.07) is 5.02. The highest BCUT2D eigenvalue weighted by Crippen LogP contribution is 2.41. The van der Waals surface area contributed by atoms with Crippen LogP contribution in [0, 0.1) is 18.7 Å². The van der Waals surface area contributed by atoms with Gasteiger partial charge in [0.1, 0.15) is 23.2 Å². The highest BCUT2D eigenvalue weighted by atomic mass is 19.4. The van der Waals surface area contributed by atoms with Gasteiger partial charge < -0.3 is 20.3 Å². The van der Waals surface area contributed by atoms with E-state index in [1.54, 1.807) is 39.0 Å². The highest BCUT2D eigenvalue weighted by molar-refractivity contribution is 6.17. The predicted molar refractivity (Wildman–Crippen MR) is 161 cm³/mol. The number of hydrogen-bond acceptors (Lipinski definition) is 6. The summed E-state index contributed by atoms with van der Waals surface area (Å²) >= 11 is 0. The molecule has 2 aliphatic heterocycles. The highest BCUT2D eigenvalue weighted by Gasteiger charge is 2.58. The van der Waals surface area contributed by atoms with Crippen LogP contribution in [-0.2, 0) is 20.6 Å². The Hall–Kier alpha value is -5.23. The summed E-state index contributed by atoms with van der Waals surface area (Å²) in [5.41, 5.74) is -1.38. The Morgan fingerprint density at radius 1 is 1.00 bits per heavy atom. The van der Waals surface area contributed by atoms with Crippen molar-refractivity contribution in [2.45, 2.75) is 57.5 Å². The van der Waals surface area contributed by atoms with E-state index in [-0.39, 0.29) is 25.9 Å². The molecule has 1 unspecified atom stereocenters. The van der Waals surface area contributed by atoms with E-state index in [0.29, 0.717) is 40.7 Å². The fourth-order valence-electron chi connectivity index (χ4n) is 5.79. The number of carboxylic acid groups (broad SMARTS) is 1. The number of halogens is 7. The molecule has 270 valence electrons. The molecule has 0 bridgehead atoms. The van der Waals surface area contributed by atoms with Gasteiger partial charge in [0, 0.05) is 25.8 Å². The number of hydrogen-bond donors (Lipinski definition) is 3. The number of imidazole rings is 1. The first-order valence-electron chi connectivity index (χ1n) is 14.9. The Labute approximate surface area is 279 Å². The average Bonchev–Trinajstić information content (AvgIpc) is 3.48. The molecule has 1 aromatic heterocycles. The molecule has 1 atom stereocenters. The van der Waals surface area contributed by atoms with Gasteiger partial charge in [0.05, 0.1) is 22.2 Å². The van der Waals surface area contributed by atoms with Gasteiger partial charge in [0.15, 0.2) is 0 Å². The van der Waals surface area contributed by atoms with E-state index in [1.165, 1.54) is 16.8 Å². The summed E-state index contributed by atoms with van der Waals surface area (Å²) in [6.07, 6.45) is -9.66. The zero-order valence-electron chi connectivity index (χ0n) is 26.9. The van der Waals surface area contributed by atoms with Crippen molar-refractivity contribution in [1.82, 2.24) is 25.1 Å². The Balaban J connectivity index is 0.000000727. The van der Waals surface area contributed by atoms with Gasteiger partial charge in [-0.05, 0) is 62.1 Å². The first kappa shape index (κ1) is 37.6. The summed E-state index contributed by atoms with van der Waals surface area (Å²) in [5.74, 6) is -5.81. The van der Waals surface area contributed by atoms with Gasteiger partial charge in [0.2, 0.25) is 5.91 Å². The number of aromatic amines is 1. The summed E-state index contributed by atoms with van der Waals surface area (Å²) in [6.45, 7) is 5.20. The molecule has 50 heavy (non-hydrogen) atoms. The topological polar surface area (TPSA) is 156 Å². The summed E-state index contributed by atoms with van der Waals surface area (Å²) in [4.78, 5) is 73.5. The van der Waals surface area contributed by atoms with Gasteiger partial charge in [-0.25, -0.2) is 19.0 Å². The van der Waals surface area contributed by atoms with Crippen LogP contribution in [0.4, 0.5) is 41.2 Å². The number of nitrogens with one attached hydrogen (secondary N) is 2. The second kappa shape index (κ2) is 13.6. The molecule has 3 N–H and O–H groups in total. The second-order valence-electron chi connectivity index (χ2n) is 12.1. The number of aromatic nitrogens is 2. The number of amides is 5. The molecule has 0 saturated carbocycles. The Bertz CT molecular complexity index is 1830. The summed E-state index contributed by atoms with van der Waals surface area (Å²) < 4.78 is 85.6. The third-order valence-corrected chi connectivity index (χ3v) is 8.35. The van der Waals surface area contributed by atoms with Gasteiger partial charge in [-0.1, -0.05) is 13.8 Å². The lowest BCUT2D eigenvalue weighted by Gasteiger charge is -2.43. The molecule has 5 rings (SSSR count). The van der Waals surface area contributed by atoms with Crippen molar-refractivity contribution in [1.29, 1.82) is 0 Å². The molecular formula is C31H31F7N6O6. The summed E-state index contributed by atoms with van der Waals surface area (Å²) in [5, 5.41) is 9.53.